The molecule has 0 spiro atoms. The van der Waals surface area contributed by atoms with Crippen LogP contribution >= 0.6 is 15.9 Å². The highest BCUT2D eigenvalue weighted by molar-refractivity contribution is 9.10. The zero-order valence-electron chi connectivity index (χ0n) is 11.8. The van der Waals surface area contributed by atoms with Gasteiger partial charge in [-0.05, 0) is 30.2 Å². The minimum Gasteiger partial charge on any atom is -0.355 e. The highest BCUT2D eigenvalue weighted by atomic mass is 79.9. The van der Waals surface area contributed by atoms with Crippen molar-refractivity contribution in [2.75, 3.05) is 23.8 Å². The van der Waals surface area contributed by atoms with Crippen LogP contribution in [0, 0.1) is 0 Å². The molecular formula is C15H19BrN4. The third kappa shape index (κ3) is 4.20. The van der Waals surface area contributed by atoms with E-state index in [0.29, 0.717) is 5.95 Å². The van der Waals surface area contributed by atoms with Crippen LogP contribution in [0.5, 0.6) is 0 Å². The number of anilines is 2. The van der Waals surface area contributed by atoms with Gasteiger partial charge in [0.05, 0.1) is 0 Å². The lowest BCUT2D eigenvalue weighted by molar-refractivity contribution is 0.884. The van der Waals surface area contributed by atoms with Crippen LogP contribution in [0.3, 0.4) is 0 Å². The molecule has 4 nitrogen and oxygen atoms in total. The zero-order valence-corrected chi connectivity index (χ0v) is 13.4. The lowest BCUT2D eigenvalue weighted by atomic mass is 10.2. The molecule has 106 valence electrons. The smallest absolute Gasteiger partial charge is 0.224 e. The summed E-state index contributed by atoms with van der Waals surface area (Å²) in [5.74, 6) is 1.60. The Bertz CT molecular complexity index is 559. The van der Waals surface area contributed by atoms with Crippen molar-refractivity contribution < 1.29 is 0 Å². The minimum absolute atomic E-state index is 0.686. The molecule has 20 heavy (non-hydrogen) atoms. The molecule has 0 fully saturated rings. The van der Waals surface area contributed by atoms with Gasteiger partial charge < -0.3 is 10.2 Å². The first kappa shape index (κ1) is 14.8. The summed E-state index contributed by atoms with van der Waals surface area (Å²) in [4.78, 5) is 10.9. The van der Waals surface area contributed by atoms with E-state index in [1.54, 1.807) is 6.20 Å². The summed E-state index contributed by atoms with van der Waals surface area (Å²) < 4.78 is 1.09. The van der Waals surface area contributed by atoms with Crippen LogP contribution in [0.1, 0.15) is 18.9 Å². The van der Waals surface area contributed by atoms with Gasteiger partial charge in [0.2, 0.25) is 5.95 Å². The van der Waals surface area contributed by atoms with Gasteiger partial charge in [0.1, 0.15) is 5.82 Å². The van der Waals surface area contributed by atoms with E-state index in [4.69, 9.17) is 0 Å². The van der Waals surface area contributed by atoms with E-state index >= 15 is 0 Å². The molecule has 0 aliphatic rings. The van der Waals surface area contributed by atoms with Crippen molar-refractivity contribution in [1.82, 2.24) is 9.97 Å². The SMILES string of the molecule is CCCNc1nccc(N(C)Cc2cccc(Br)c2)n1. The van der Waals surface area contributed by atoms with Gasteiger partial charge in [-0.1, -0.05) is 35.0 Å². The number of nitrogens with zero attached hydrogens (tertiary/aromatic N) is 3. The van der Waals surface area contributed by atoms with E-state index in [9.17, 15) is 0 Å². The molecule has 0 unspecified atom stereocenters. The molecule has 2 aromatic rings. The summed E-state index contributed by atoms with van der Waals surface area (Å²) in [5, 5.41) is 3.21. The normalized spacial score (nSPS) is 10.3. The lowest BCUT2D eigenvalue weighted by Gasteiger charge is -2.18. The topological polar surface area (TPSA) is 41.1 Å². The van der Waals surface area contributed by atoms with Crippen molar-refractivity contribution in [3.8, 4) is 0 Å². The predicted octanol–water partition coefficient (Wildman–Crippen LogP) is 3.70. The lowest BCUT2D eigenvalue weighted by Crippen LogP contribution is -2.18. The Morgan fingerprint density at radius 1 is 1.30 bits per heavy atom. The number of hydrogen-bond donors (Lipinski definition) is 1. The standard InChI is InChI=1S/C15H19BrN4/c1-3-8-17-15-18-9-7-14(19-15)20(2)11-12-5-4-6-13(16)10-12/h4-7,9-10H,3,8,11H2,1-2H3,(H,17,18,19). The number of halogens is 1. The Balaban J connectivity index is 2.06. The van der Waals surface area contributed by atoms with Gasteiger partial charge in [-0.2, -0.15) is 4.98 Å². The molecule has 2 rings (SSSR count). The van der Waals surface area contributed by atoms with Crippen molar-refractivity contribution in [2.24, 2.45) is 0 Å². The molecule has 0 atom stereocenters. The molecule has 1 aromatic carbocycles. The van der Waals surface area contributed by atoms with Crippen LogP contribution in [0.2, 0.25) is 0 Å². The fourth-order valence-corrected chi connectivity index (χ4v) is 2.32. The molecule has 0 saturated heterocycles. The third-order valence-electron chi connectivity index (χ3n) is 2.87. The molecule has 5 heteroatoms. The maximum atomic E-state index is 4.52. The van der Waals surface area contributed by atoms with Crippen LogP contribution < -0.4 is 10.2 Å². The quantitative estimate of drug-likeness (QED) is 0.874. The van der Waals surface area contributed by atoms with Crippen LogP contribution in [-0.4, -0.2) is 23.6 Å². The first-order valence-corrected chi connectivity index (χ1v) is 7.51. The van der Waals surface area contributed by atoms with Gasteiger partial charge in [0, 0.05) is 30.8 Å². The van der Waals surface area contributed by atoms with Crippen molar-refractivity contribution >= 4 is 27.7 Å². The van der Waals surface area contributed by atoms with Crippen molar-refractivity contribution in [1.29, 1.82) is 0 Å². The molecule has 0 bridgehead atoms. The Labute approximate surface area is 128 Å². The first-order chi connectivity index (χ1) is 9.69. The van der Waals surface area contributed by atoms with Crippen LogP contribution in [-0.2, 0) is 6.54 Å². The Kier molecular flexibility index (Phi) is 5.35. The molecule has 0 aliphatic heterocycles. The number of aromatic nitrogens is 2. The van der Waals surface area contributed by atoms with Gasteiger partial charge in [0.15, 0.2) is 0 Å². The summed E-state index contributed by atoms with van der Waals surface area (Å²) in [6.07, 6.45) is 2.85. The van der Waals surface area contributed by atoms with Crippen LogP contribution in [0.25, 0.3) is 0 Å². The Morgan fingerprint density at radius 2 is 2.15 bits per heavy atom. The number of benzene rings is 1. The highest BCUT2D eigenvalue weighted by Crippen LogP contribution is 2.16. The minimum atomic E-state index is 0.686. The summed E-state index contributed by atoms with van der Waals surface area (Å²) in [7, 11) is 2.03. The summed E-state index contributed by atoms with van der Waals surface area (Å²) in [6.45, 7) is 3.82. The zero-order chi connectivity index (χ0) is 14.4. The molecule has 0 radical (unpaired) electrons. The average Bonchev–Trinajstić information content (AvgIpc) is 2.45. The van der Waals surface area contributed by atoms with E-state index in [1.807, 2.05) is 25.2 Å². The monoisotopic (exact) mass is 334 g/mol. The van der Waals surface area contributed by atoms with E-state index < -0.39 is 0 Å². The number of nitrogens with one attached hydrogen (secondary N) is 1. The Morgan fingerprint density at radius 3 is 2.90 bits per heavy atom. The molecule has 1 N–H and O–H groups in total. The maximum Gasteiger partial charge on any atom is 0.224 e. The third-order valence-corrected chi connectivity index (χ3v) is 3.37. The van der Waals surface area contributed by atoms with Gasteiger partial charge in [0.25, 0.3) is 0 Å². The maximum absolute atomic E-state index is 4.52. The van der Waals surface area contributed by atoms with Crippen molar-refractivity contribution in [3.63, 3.8) is 0 Å². The molecule has 0 amide bonds. The van der Waals surface area contributed by atoms with Gasteiger partial charge >= 0.3 is 0 Å². The molecule has 0 saturated carbocycles. The van der Waals surface area contributed by atoms with Crippen LogP contribution in [0.4, 0.5) is 11.8 Å². The molecular weight excluding hydrogens is 316 g/mol. The highest BCUT2D eigenvalue weighted by Gasteiger charge is 2.05. The second-order valence-electron chi connectivity index (χ2n) is 4.65. The van der Waals surface area contributed by atoms with Gasteiger partial charge in [-0.3, -0.25) is 0 Å². The fraction of sp³-hybridized carbons (Fsp3) is 0.333. The molecule has 0 aliphatic carbocycles. The summed E-state index contributed by atoms with van der Waals surface area (Å²) in [6, 6.07) is 10.2. The van der Waals surface area contributed by atoms with E-state index in [-0.39, 0.29) is 0 Å². The molecule has 1 heterocycles. The van der Waals surface area contributed by atoms with E-state index in [2.05, 4.69) is 55.2 Å². The first-order valence-electron chi connectivity index (χ1n) is 6.71. The largest absolute Gasteiger partial charge is 0.355 e. The summed E-state index contributed by atoms with van der Waals surface area (Å²) in [5.41, 5.74) is 1.24. The van der Waals surface area contributed by atoms with Crippen LogP contribution in [0.15, 0.2) is 41.0 Å². The average molecular weight is 335 g/mol. The predicted molar refractivity (Wildman–Crippen MR) is 87.1 cm³/mol. The van der Waals surface area contributed by atoms with Gasteiger partial charge in [-0.25, -0.2) is 4.98 Å². The van der Waals surface area contributed by atoms with E-state index in [1.165, 1.54) is 5.56 Å². The molecule has 1 aromatic heterocycles. The Hall–Kier alpha value is -1.62. The number of rotatable bonds is 6. The van der Waals surface area contributed by atoms with Gasteiger partial charge in [-0.15, -0.1) is 0 Å². The fourth-order valence-electron chi connectivity index (χ4n) is 1.87. The second-order valence-corrected chi connectivity index (χ2v) is 5.57. The number of hydrogen-bond acceptors (Lipinski definition) is 4. The summed E-state index contributed by atoms with van der Waals surface area (Å²) >= 11 is 3.49. The van der Waals surface area contributed by atoms with Crippen molar-refractivity contribution in [2.45, 2.75) is 19.9 Å². The van der Waals surface area contributed by atoms with E-state index in [0.717, 1.165) is 29.8 Å². The van der Waals surface area contributed by atoms with Crippen molar-refractivity contribution in [3.05, 3.63) is 46.6 Å². The second kappa shape index (κ2) is 7.24.